The van der Waals surface area contributed by atoms with E-state index in [0.717, 1.165) is 0 Å². The lowest BCUT2D eigenvalue weighted by molar-refractivity contribution is 0.00659. The molecule has 11 nitrogen and oxygen atoms in total. The highest BCUT2D eigenvalue weighted by atomic mass is 16.5. The number of fused-ring (bicyclic) bond motifs is 2. The summed E-state index contributed by atoms with van der Waals surface area (Å²) in [5.41, 5.74) is 1.07. The first-order chi connectivity index (χ1) is 19.5. The second kappa shape index (κ2) is 9.58. The molecule has 0 aromatic heterocycles. The summed E-state index contributed by atoms with van der Waals surface area (Å²) < 4.78 is 11.9. The third-order valence-electron chi connectivity index (χ3n) is 7.60. The average Bonchev–Trinajstić information content (AvgIpc) is 2.93. The van der Waals surface area contributed by atoms with Crippen LogP contribution in [-0.2, 0) is 6.42 Å². The minimum atomic E-state index is -1.44. The fraction of sp³-hybridized carbons (Fsp3) is 0.200. The Hall–Kier alpha value is -5.00. The molecule has 0 saturated carbocycles. The van der Waals surface area contributed by atoms with E-state index in [9.17, 15) is 46.0 Å². The predicted molar refractivity (Wildman–Crippen MR) is 142 cm³/mol. The van der Waals surface area contributed by atoms with Crippen molar-refractivity contribution in [2.75, 3.05) is 0 Å². The summed E-state index contributed by atoms with van der Waals surface area (Å²) in [5, 5.41) is 94.6. The summed E-state index contributed by atoms with van der Waals surface area (Å²) in [6.45, 7) is 0. The van der Waals surface area contributed by atoms with Crippen LogP contribution in [0.25, 0.3) is 0 Å². The van der Waals surface area contributed by atoms with Crippen molar-refractivity contribution in [1.29, 1.82) is 0 Å². The van der Waals surface area contributed by atoms with Crippen LogP contribution in [0.5, 0.6) is 51.7 Å². The zero-order valence-corrected chi connectivity index (χ0v) is 21.2. The van der Waals surface area contributed by atoms with Crippen LogP contribution in [0.3, 0.4) is 0 Å². The number of phenols is 7. The van der Waals surface area contributed by atoms with E-state index in [2.05, 4.69) is 0 Å². The molecule has 4 aromatic rings. The maximum atomic E-state index is 11.6. The zero-order chi connectivity index (χ0) is 29.2. The molecule has 41 heavy (non-hydrogen) atoms. The number of hydrogen-bond acceptors (Lipinski definition) is 11. The van der Waals surface area contributed by atoms with Crippen LogP contribution in [0.15, 0.2) is 60.7 Å². The molecule has 2 aliphatic rings. The third kappa shape index (κ3) is 4.31. The van der Waals surface area contributed by atoms with Crippen LogP contribution < -0.4 is 9.47 Å². The number of benzene rings is 4. The molecule has 9 N–H and O–H groups in total. The molecule has 0 amide bonds. The Bertz CT molecular complexity index is 1670. The minimum Gasteiger partial charge on any atom is -0.508 e. The highest BCUT2D eigenvalue weighted by molar-refractivity contribution is 5.63. The molecule has 0 bridgehead atoms. The van der Waals surface area contributed by atoms with Crippen molar-refractivity contribution in [2.45, 2.75) is 36.8 Å². The normalized spacial score (nSPS) is 23.1. The monoisotopic (exact) mass is 562 g/mol. The Morgan fingerprint density at radius 2 is 1.20 bits per heavy atom. The van der Waals surface area contributed by atoms with Gasteiger partial charge in [-0.2, -0.15) is 0 Å². The standard InChI is InChI=1S/C30H26O11/c31-14-3-4-15-23(9-14)41-30(13-2-6-18(33)20(35)8-13)28(39)25(15)26-21(36)11-24-16(27(26)38)10-22(37)29(40-24)12-1-5-17(32)19(34)7-12/h1-9,11,22,25,28-39H,10H2/t22-,25-,28-,29-,30-/m1/s1. The molecule has 0 saturated heterocycles. The molecule has 5 atom stereocenters. The first-order valence-electron chi connectivity index (χ1n) is 12.7. The first kappa shape index (κ1) is 26.2. The summed E-state index contributed by atoms with van der Waals surface area (Å²) in [6.07, 6.45) is -4.87. The maximum absolute atomic E-state index is 11.6. The molecule has 0 aliphatic carbocycles. The molecule has 212 valence electrons. The number of aliphatic hydroxyl groups excluding tert-OH is 2. The van der Waals surface area contributed by atoms with E-state index in [-0.39, 0.29) is 51.9 Å². The first-order valence-corrected chi connectivity index (χ1v) is 12.7. The summed E-state index contributed by atoms with van der Waals surface area (Å²) >= 11 is 0. The molecule has 6 rings (SSSR count). The largest absolute Gasteiger partial charge is 0.508 e. The zero-order valence-electron chi connectivity index (χ0n) is 21.2. The van der Waals surface area contributed by atoms with Crippen molar-refractivity contribution < 1.29 is 55.4 Å². The van der Waals surface area contributed by atoms with Crippen LogP contribution in [0.2, 0.25) is 0 Å². The van der Waals surface area contributed by atoms with Crippen molar-refractivity contribution in [2.24, 2.45) is 0 Å². The van der Waals surface area contributed by atoms with Gasteiger partial charge >= 0.3 is 0 Å². The van der Waals surface area contributed by atoms with Crippen molar-refractivity contribution in [1.82, 2.24) is 0 Å². The lowest BCUT2D eigenvalue weighted by Crippen LogP contribution is -2.35. The number of ether oxygens (including phenoxy) is 2. The molecular weight excluding hydrogens is 536 g/mol. The Morgan fingerprint density at radius 1 is 0.585 bits per heavy atom. The maximum Gasteiger partial charge on any atom is 0.157 e. The van der Waals surface area contributed by atoms with E-state index in [1.54, 1.807) is 0 Å². The van der Waals surface area contributed by atoms with Crippen molar-refractivity contribution in [3.63, 3.8) is 0 Å². The van der Waals surface area contributed by atoms with E-state index in [4.69, 9.17) is 9.47 Å². The molecule has 2 aliphatic heterocycles. The summed E-state index contributed by atoms with van der Waals surface area (Å²) in [4.78, 5) is 0. The van der Waals surface area contributed by atoms with Crippen LogP contribution in [0.1, 0.15) is 45.9 Å². The number of aromatic hydroxyl groups is 7. The lowest BCUT2D eigenvalue weighted by Gasteiger charge is -2.39. The molecule has 2 heterocycles. The molecule has 0 unspecified atom stereocenters. The molecule has 11 heteroatoms. The van der Waals surface area contributed by atoms with Gasteiger partial charge in [0.15, 0.2) is 29.1 Å². The summed E-state index contributed by atoms with van der Waals surface area (Å²) in [5.74, 6) is -3.44. The fourth-order valence-electron chi connectivity index (χ4n) is 5.59. The van der Waals surface area contributed by atoms with Crippen molar-refractivity contribution >= 4 is 0 Å². The molecule has 0 radical (unpaired) electrons. The van der Waals surface area contributed by atoms with Gasteiger partial charge in [-0.1, -0.05) is 18.2 Å². The number of phenolic OH excluding ortho intramolecular Hbond substituents is 7. The van der Waals surface area contributed by atoms with Gasteiger partial charge in [-0.3, -0.25) is 0 Å². The Balaban J connectivity index is 1.45. The smallest absolute Gasteiger partial charge is 0.157 e. The van der Waals surface area contributed by atoms with Gasteiger partial charge in [0.05, 0.1) is 6.10 Å². The second-order valence-corrected chi connectivity index (χ2v) is 10.2. The summed E-state index contributed by atoms with van der Waals surface area (Å²) in [6, 6.07) is 13.3. The van der Waals surface area contributed by atoms with Gasteiger partial charge in [0.2, 0.25) is 0 Å². The lowest BCUT2D eigenvalue weighted by atomic mass is 9.78. The highest BCUT2D eigenvalue weighted by Gasteiger charge is 2.44. The van der Waals surface area contributed by atoms with E-state index < -0.39 is 53.3 Å². The average molecular weight is 563 g/mol. The van der Waals surface area contributed by atoms with E-state index in [1.165, 1.54) is 60.7 Å². The Labute approximate surface area is 232 Å². The number of hydrogen-bond donors (Lipinski definition) is 9. The topological polar surface area (TPSA) is 201 Å². The van der Waals surface area contributed by atoms with Crippen molar-refractivity contribution in [3.8, 4) is 51.7 Å². The van der Waals surface area contributed by atoms with E-state index >= 15 is 0 Å². The molecule has 4 aromatic carbocycles. The van der Waals surface area contributed by atoms with Gasteiger partial charge in [-0.25, -0.2) is 0 Å². The SMILES string of the molecule is Oc1ccc2c(c1)O[C@H](c1ccc(O)c(O)c1)[C@H](O)[C@H]2c1c(O)cc2c(c1O)C[C@@H](O)[C@@H](c1ccc(O)c(O)c1)O2. The second-order valence-electron chi connectivity index (χ2n) is 10.2. The van der Waals surface area contributed by atoms with Gasteiger partial charge in [0.1, 0.15) is 41.0 Å². The fourth-order valence-corrected chi connectivity index (χ4v) is 5.59. The van der Waals surface area contributed by atoms with Gasteiger partial charge < -0.3 is 55.4 Å². The van der Waals surface area contributed by atoms with Crippen molar-refractivity contribution in [3.05, 3.63) is 88.5 Å². The summed E-state index contributed by atoms with van der Waals surface area (Å²) in [7, 11) is 0. The Kier molecular flexibility index (Phi) is 6.13. The highest BCUT2D eigenvalue weighted by Crippen LogP contribution is 2.54. The third-order valence-corrected chi connectivity index (χ3v) is 7.60. The minimum absolute atomic E-state index is 0.0686. The van der Waals surface area contributed by atoms with Gasteiger partial charge in [0.25, 0.3) is 0 Å². The van der Waals surface area contributed by atoms with Crippen LogP contribution in [0, 0.1) is 0 Å². The Morgan fingerprint density at radius 3 is 1.83 bits per heavy atom. The van der Waals surface area contributed by atoms with Gasteiger partial charge in [0, 0.05) is 41.2 Å². The molecule has 0 spiro atoms. The quantitative estimate of drug-likeness (QED) is 0.166. The molecule has 0 fully saturated rings. The van der Waals surface area contributed by atoms with Gasteiger partial charge in [-0.05, 0) is 41.5 Å². The molecular formula is C30H26O11. The van der Waals surface area contributed by atoms with Crippen LogP contribution in [-0.4, -0.2) is 58.2 Å². The predicted octanol–water partition coefficient (Wildman–Crippen LogP) is 3.29. The van der Waals surface area contributed by atoms with Crippen LogP contribution in [0.4, 0.5) is 0 Å². The number of rotatable bonds is 3. The van der Waals surface area contributed by atoms with Crippen LogP contribution >= 0.6 is 0 Å². The van der Waals surface area contributed by atoms with E-state index in [0.29, 0.717) is 11.1 Å². The van der Waals surface area contributed by atoms with Gasteiger partial charge in [-0.15, -0.1) is 0 Å². The number of aliphatic hydroxyl groups is 2. The van der Waals surface area contributed by atoms with E-state index in [1.807, 2.05) is 0 Å².